The van der Waals surface area contributed by atoms with E-state index in [-0.39, 0.29) is 12.2 Å². The Morgan fingerprint density at radius 3 is 2.54 bits per heavy atom. The summed E-state index contributed by atoms with van der Waals surface area (Å²) in [7, 11) is 0. The molecule has 2 aliphatic rings. The fraction of sp³-hybridized carbons (Fsp3) is 0.158. The van der Waals surface area contributed by atoms with Crippen LogP contribution in [-0.2, 0) is 11.3 Å². The molecule has 0 spiro atoms. The molecule has 2 aromatic carbocycles. The monoisotopic (exact) mass is 318 g/mol. The molecule has 1 N–H and O–H groups in total. The van der Waals surface area contributed by atoms with Gasteiger partial charge in [0.1, 0.15) is 12.2 Å². The van der Waals surface area contributed by atoms with Crippen molar-refractivity contribution in [1.29, 1.82) is 0 Å². The highest BCUT2D eigenvalue weighted by atomic mass is 16.5. The van der Waals surface area contributed by atoms with E-state index < -0.39 is 5.97 Å². The molecule has 0 aliphatic carbocycles. The van der Waals surface area contributed by atoms with Crippen LogP contribution in [0.1, 0.15) is 50.4 Å². The molecule has 5 heteroatoms. The first-order valence-corrected chi connectivity index (χ1v) is 7.83. The van der Waals surface area contributed by atoms with Crippen LogP contribution in [0.3, 0.4) is 0 Å². The number of hydrogen-bond donors (Lipinski definition) is 1. The van der Waals surface area contributed by atoms with Crippen molar-refractivity contribution in [1.82, 2.24) is 9.78 Å². The predicted molar refractivity (Wildman–Crippen MR) is 85.9 cm³/mol. The molecule has 2 bridgehead atoms. The first-order chi connectivity index (χ1) is 11.7. The second-order valence-electron chi connectivity index (χ2n) is 6.21. The smallest absolute Gasteiger partial charge is 0.335 e. The number of fused-ring (bicyclic) bond motifs is 8. The minimum absolute atomic E-state index is 0.0968. The molecule has 24 heavy (non-hydrogen) atoms. The number of nitrogens with zero attached hydrogens (tertiary/aromatic N) is 2. The zero-order valence-corrected chi connectivity index (χ0v) is 12.7. The average Bonchev–Trinajstić information content (AvgIpc) is 3.29. The van der Waals surface area contributed by atoms with Crippen LogP contribution >= 0.6 is 0 Å². The van der Waals surface area contributed by atoms with Gasteiger partial charge in [0.25, 0.3) is 0 Å². The third-order valence-corrected chi connectivity index (χ3v) is 4.79. The van der Waals surface area contributed by atoms with E-state index in [0.29, 0.717) is 5.56 Å². The summed E-state index contributed by atoms with van der Waals surface area (Å²) >= 11 is 0. The number of aromatic nitrogens is 2. The normalized spacial score (nSPS) is 20.0. The van der Waals surface area contributed by atoms with Gasteiger partial charge in [0.2, 0.25) is 0 Å². The van der Waals surface area contributed by atoms with Gasteiger partial charge in [-0.05, 0) is 46.0 Å². The van der Waals surface area contributed by atoms with Crippen molar-refractivity contribution in [3.63, 3.8) is 0 Å². The molecule has 0 radical (unpaired) electrons. The molecule has 1 aromatic heterocycles. The number of benzene rings is 2. The van der Waals surface area contributed by atoms with Crippen molar-refractivity contribution in [2.45, 2.75) is 18.8 Å². The topological polar surface area (TPSA) is 64.3 Å². The highest BCUT2D eigenvalue weighted by Gasteiger charge is 2.42. The molecule has 0 amide bonds. The lowest BCUT2D eigenvalue weighted by atomic mass is 9.84. The molecule has 2 atom stereocenters. The van der Waals surface area contributed by atoms with Gasteiger partial charge < -0.3 is 9.84 Å². The fourth-order valence-electron chi connectivity index (χ4n) is 3.71. The number of carboxylic acid groups (broad SMARTS) is 1. The Balaban J connectivity index is 1.54. The van der Waals surface area contributed by atoms with Gasteiger partial charge in [-0.15, -0.1) is 0 Å². The number of ether oxygens (including phenoxy) is 1. The summed E-state index contributed by atoms with van der Waals surface area (Å²) in [6.45, 7) is 0.725. The lowest BCUT2D eigenvalue weighted by Gasteiger charge is -2.17. The van der Waals surface area contributed by atoms with Crippen LogP contribution in [0.15, 0.2) is 54.9 Å². The lowest BCUT2D eigenvalue weighted by Crippen LogP contribution is -2.07. The predicted octanol–water partition coefficient (Wildman–Crippen LogP) is 3.15. The first-order valence-electron chi connectivity index (χ1n) is 7.83. The number of carbonyl (C=O) groups is 1. The highest BCUT2D eigenvalue weighted by molar-refractivity contribution is 5.88. The minimum Gasteiger partial charge on any atom is -0.478 e. The van der Waals surface area contributed by atoms with Crippen molar-refractivity contribution in [2.75, 3.05) is 0 Å². The third-order valence-electron chi connectivity index (χ3n) is 4.79. The Kier molecular flexibility index (Phi) is 2.69. The minimum atomic E-state index is -0.907. The van der Waals surface area contributed by atoms with Gasteiger partial charge in [-0.1, -0.05) is 24.3 Å². The Morgan fingerprint density at radius 2 is 1.83 bits per heavy atom. The molecule has 118 valence electrons. The van der Waals surface area contributed by atoms with Gasteiger partial charge in [-0.3, -0.25) is 4.68 Å². The van der Waals surface area contributed by atoms with Crippen LogP contribution in [0.25, 0.3) is 0 Å². The number of hydrogen-bond acceptors (Lipinski definition) is 3. The van der Waals surface area contributed by atoms with Crippen LogP contribution in [0.2, 0.25) is 0 Å². The molecule has 5 nitrogen and oxygen atoms in total. The molecular formula is C19H14N2O3. The zero-order valence-electron chi connectivity index (χ0n) is 12.7. The lowest BCUT2D eigenvalue weighted by molar-refractivity contribution is 0.0696. The molecule has 3 heterocycles. The van der Waals surface area contributed by atoms with E-state index in [1.165, 1.54) is 11.1 Å². The fourth-order valence-corrected chi connectivity index (χ4v) is 3.71. The Morgan fingerprint density at radius 1 is 1.08 bits per heavy atom. The largest absolute Gasteiger partial charge is 0.478 e. The standard InChI is InChI=1S/C19H14N2O3/c22-19(23)12-3-5-14-16(9-12)18-13-4-2-11(8-15(13)17(14)24-18)10-21-7-1-6-20-21/h1-9,17-18H,10H2,(H,22,23)/t17-,18-/m1/s1. The van der Waals surface area contributed by atoms with Crippen molar-refractivity contribution in [3.05, 3.63) is 88.2 Å². The van der Waals surface area contributed by atoms with Crippen molar-refractivity contribution in [3.8, 4) is 0 Å². The molecule has 3 aromatic rings. The van der Waals surface area contributed by atoms with E-state index in [9.17, 15) is 9.90 Å². The number of rotatable bonds is 3. The Bertz CT molecular complexity index is 963. The second kappa shape index (κ2) is 4.79. The SMILES string of the molecule is O=C(O)c1ccc2c(c1)[C@@H]1O[C@H]2c2cc(Cn3cccn3)ccc21. The summed E-state index contributed by atoms with van der Waals surface area (Å²) in [5.74, 6) is -0.907. The zero-order chi connectivity index (χ0) is 16.3. The number of carboxylic acids is 1. The highest BCUT2D eigenvalue weighted by Crippen LogP contribution is 2.54. The summed E-state index contributed by atoms with van der Waals surface area (Å²) in [4.78, 5) is 11.2. The Hall–Kier alpha value is -2.92. The van der Waals surface area contributed by atoms with Crippen molar-refractivity contribution in [2.24, 2.45) is 0 Å². The maximum Gasteiger partial charge on any atom is 0.335 e. The van der Waals surface area contributed by atoms with Crippen LogP contribution in [0, 0.1) is 0 Å². The summed E-state index contributed by atoms with van der Waals surface area (Å²) in [5, 5.41) is 13.4. The van der Waals surface area contributed by atoms with Gasteiger partial charge in [0, 0.05) is 12.4 Å². The summed E-state index contributed by atoms with van der Waals surface area (Å²) in [5.41, 5.74) is 5.86. The van der Waals surface area contributed by atoms with E-state index in [2.05, 4.69) is 23.3 Å². The average molecular weight is 318 g/mol. The van der Waals surface area contributed by atoms with Gasteiger partial charge in [0.05, 0.1) is 12.1 Å². The van der Waals surface area contributed by atoms with E-state index >= 15 is 0 Å². The van der Waals surface area contributed by atoms with Gasteiger partial charge in [0.15, 0.2) is 0 Å². The molecule has 5 rings (SSSR count). The molecular weight excluding hydrogens is 304 g/mol. The van der Waals surface area contributed by atoms with Crippen molar-refractivity contribution >= 4 is 5.97 Å². The Labute approximate surface area is 138 Å². The van der Waals surface area contributed by atoms with Gasteiger partial charge in [-0.2, -0.15) is 5.10 Å². The van der Waals surface area contributed by atoms with Crippen LogP contribution < -0.4 is 0 Å². The summed E-state index contributed by atoms with van der Waals surface area (Å²) in [6, 6.07) is 13.5. The van der Waals surface area contributed by atoms with Crippen LogP contribution in [-0.4, -0.2) is 20.9 Å². The number of aromatic carboxylic acids is 1. The first kappa shape index (κ1) is 13.5. The quantitative estimate of drug-likeness (QED) is 0.806. The van der Waals surface area contributed by atoms with E-state index in [0.717, 1.165) is 23.2 Å². The van der Waals surface area contributed by atoms with E-state index in [4.69, 9.17) is 4.74 Å². The summed E-state index contributed by atoms with van der Waals surface area (Å²) < 4.78 is 8.01. The van der Waals surface area contributed by atoms with Crippen LogP contribution in [0.4, 0.5) is 0 Å². The second-order valence-corrected chi connectivity index (χ2v) is 6.21. The van der Waals surface area contributed by atoms with Crippen molar-refractivity contribution < 1.29 is 14.6 Å². The molecule has 0 unspecified atom stereocenters. The summed E-state index contributed by atoms with van der Waals surface area (Å²) in [6.07, 6.45) is 3.46. The maximum atomic E-state index is 11.2. The van der Waals surface area contributed by atoms with E-state index in [1.807, 2.05) is 23.0 Å². The maximum absolute atomic E-state index is 11.2. The van der Waals surface area contributed by atoms with Gasteiger partial charge in [-0.25, -0.2) is 4.79 Å². The van der Waals surface area contributed by atoms with E-state index in [1.54, 1.807) is 18.3 Å². The third kappa shape index (κ3) is 1.85. The van der Waals surface area contributed by atoms with Gasteiger partial charge >= 0.3 is 5.97 Å². The molecule has 0 saturated heterocycles. The molecule has 2 aliphatic heterocycles. The molecule has 0 fully saturated rings. The molecule has 0 saturated carbocycles. The van der Waals surface area contributed by atoms with Crippen LogP contribution in [0.5, 0.6) is 0 Å².